The number of rotatable bonds is 3. The van der Waals surface area contributed by atoms with Crippen molar-refractivity contribution in [3.05, 3.63) is 58.1 Å². The van der Waals surface area contributed by atoms with Crippen LogP contribution in [0.4, 0.5) is 5.69 Å². The van der Waals surface area contributed by atoms with Crippen LogP contribution < -0.4 is 10.0 Å². The number of benzene rings is 2. The van der Waals surface area contributed by atoms with Crippen LogP contribution in [0.15, 0.2) is 51.8 Å². The lowest BCUT2D eigenvalue weighted by Gasteiger charge is -2.09. The summed E-state index contributed by atoms with van der Waals surface area (Å²) in [6.45, 7) is 0. The number of hydrogen-bond acceptors (Lipinski definition) is 4. The van der Waals surface area contributed by atoms with E-state index in [1.165, 1.54) is 30.3 Å². The number of amides is 2. The van der Waals surface area contributed by atoms with E-state index in [0.717, 1.165) is 4.47 Å². The summed E-state index contributed by atoms with van der Waals surface area (Å²) in [6, 6.07) is 10.3. The Morgan fingerprint density at radius 1 is 0.909 bits per heavy atom. The molecule has 0 aromatic heterocycles. The molecule has 0 saturated heterocycles. The summed E-state index contributed by atoms with van der Waals surface area (Å²) in [4.78, 5) is 23.1. The van der Waals surface area contributed by atoms with Crippen LogP contribution in [0, 0.1) is 0 Å². The van der Waals surface area contributed by atoms with Crippen LogP contribution in [0.5, 0.6) is 0 Å². The highest BCUT2D eigenvalue weighted by Crippen LogP contribution is 2.23. The van der Waals surface area contributed by atoms with Gasteiger partial charge in [0, 0.05) is 10.2 Å². The van der Waals surface area contributed by atoms with Crippen LogP contribution in [0.1, 0.15) is 20.7 Å². The number of imide groups is 1. The van der Waals surface area contributed by atoms with Crippen LogP contribution >= 0.6 is 15.9 Å². The van der Waals surface area contributed by atoms with Gasteiger partial charge in [-0.25, -0.2) is 8.42 Å². The van der Waals surface area contributed by atoms with Gasteiger partial charge in [-0.05, 0) is 42.5 Å². The Bertz CT molecular complexity index is 892. The van der Waals surface area contributed by atoms with E-state index < -0.39 is 21.8 Å². The van der Waals surface area contributed by atoms with Gasteiger partial charge >= 0.3 is 0 Å². The molecule has 0 atom stereocenters. The van der Waals surface area contributed by atoms with Crippen molar-refractivity contribution in [1.29, 1.82) is 0 Å². The maximum Gasteiger partial charge on any atom is 0.261 e. The Kier molecular flexibility index (Phi) is 3.50. The van der Waals surface area contributed by atoms with Crippen molar-refractivity contribution in [3.63, 3.8) is 0 Å². The van der Waals surface area contributed by atoms with Crippen LogP contribution in [0.2, 0.25) is 0 Å². The number of hydrogen-bond donors (Lipinski definition) is 2. The lowest BCUT2D eigenvalue weighted by atomic mass is 10.1. The van der Waals surface area contributed by atoms with Crippen molar-refractivity contribution in [2.24, 2.45) is 0 Å². The molecule has 6 nitrogen and oxygen atoms in total. The number of nitrogens with one attached hydrogen (secondary N) is 2. The third-order valence-electron chi connectivity index (χ3n) is 3.11. The average Bonchev–Trinajstić information content (AvgIpc) is 2.74. The highest BCUT2D eigenvalue weighted by Gasteiger charge is 2.27. The Balaban J connectivity index is 1.93. The number of carbonyl (C=O) groups is 2. The standard InChI is InChI=1S/C14H9BrN2O4S/c15-8-1-4-10(5-2-8)22(20,21)17-9-3-6-11-12(7-9)14(19)16-13(11)18/h1-7,17H,(H,16,18,19). The first-order valence-electron chi connectivity index (χ1n) is 6.15. The monoisotopic (exact) mass is 380 g/mol. The molecule has 1 aliphatic heterocycles. The number of carbonyl (C=O) groups excluding carboxylic acids is 2. The Hall–Kier alpha value is -2.19. The summed E-state index contributed by atoms with van der Waals surface area (Å²) < 4.78 is 27.7. The SMILES string of the molecule is O=C1NC(=O)c2cc(NS(=O)(=O)c3ccc(Br)cc3)ccc21. The van der Waals surface area contributed by atoms with Crippen LogP contribution in [-0.2, 0) is 10.0 Å². The van der Waals surface area contributed by atoms with Crippen molar-refractivity contribution < 1.29 is 18.0 Å². The molecule has 0 radical (unpaired) electrons. The summed E-state index contributed by atoms with van der Waals surface area (Å²) in [5.41, 5.74) is 0.601. The molecule has 0 bridgehead atoms. The molecule has 2 amide bonds. The summed E-state index contributed by atoms with van der Waals surface area (Å²) in [5.74, 6) is -1.02. The van der Waals surface area contributed by atoms with Gasteiger partial charge in [-0.15, -0.1) is 0 Å². The largest absolute Gasteiger partial charge is 0.288 e. The van der Waals surface area contributed by atoms with Gasteiger partial charge in [-0.1, -0.05) is 15.9 Å². The van der Waals surface area contributed by atoms with Crippen molar-refractivity contribution in [1.82, 2.24) is 5.32 Å². The zero-order valence-electron chi connectivity index (χ0n) is 11.0. The normalized spacial score (nSPS) is 13.7. The van der Waals surface area contributed by atoms with E-state index in [0.29, 0.717) is 0 Å². The highest BCUT2D eigenvalue weighted by atomic mass is 79.9. The second-order valence-corrected chi connectivity index (χ2v) is 7.20. The molecule has 0 unspecified atom stereocenters. The van der Waals surface area contributed by atoms with E-state index in [1.807, 2.05) is 0 Å². The number of halogens is 1. The van der Waals surface area contributed by atoms with Gasteiger partial charge < -0.3 is 0 Å². The lowest BCUT2D eigenvalue weighted by molar-refractivity contribution is 0.0879. The number of anilines is 1. The van der Waals surface area contributed by atoms with Gasteiger partial charge in [0.05, 0.1) is 16.0 Å². The first-order chi connectivity index (χ1) is 10.4. The minimum absolute atomic E-state index is 0.0942. The van der Waals surface area contributed by atoms with E-state index in [-0.39, 0.29) is 21.7 Å². The summed E-state index contributed by atoms with van der Waals surface area (Å²) >= 11 is 3.23. The fraction of sp³-hybridized carbons (Fsp3) is 0. The van der Waals surface area contributed by atoms with Crippen LogP contribution in [-0.4, -0.2) is 20.2 Å². The fourth-order valence-electron chi connectivity index (χ4n) is 2.06. The quantitative estimate of drug-likeness (QED) is 0.797. The molecule has 112 valence electrons. The molecule has 0 fully saturated rings. The number of sulfonamides is 1. The topological polar surface area (TPSA) is 92.3 Å². The van der Waals surface area contributed by atoms with Gasteiger partial charge in [-0.2, -0.15) is 0 Å². The molecule has 2 aromatic rings. The van der Waals surface area contributed by atoms with Gasteiger partial charge in [0.25, 0.3) is 21.8 Å². The molecule has 1 heterocycles. The third-order valence-corrected chi connectivity index (χ3v) is 5.04. The molecule has 1 aliphatic rings. The van der Waals surface area contributed by atoms with E-state index in [4.69, 9.17) is 0 Å². The molecule has 8 heteroatoms. The van der Waals surface area contributed by atoms with E-state index in [9.17, 15) is 18.0 Å². The van der Waals surface area contributed by atoms with Gasteiger partial charge in [0.15, 0.2) is 0 Å². The highest BCUT2D eigenvalue weighted by molar-refractivity contribution is 9.10. The fourth-order valence-corrected chi connectivity index (χ4v) is 3.37. The smallest absolute Gasteiger partial charge is 0.261 e. The Labute approximate surface area is 134 Å². The predicted molar refractivity (Wildman–Crippen MR) is 83.2 cm³/mol. The van der Waals surface area contributed by atoms with Crippen molar-refractivity contribution in [2.45, 2.75) is 4.90 Å². The van der Waals surface area contributed by atoms with Crippen molar-refractivity contribution in [3.8, 4) is 0 Å². The first-order valence-corrected chi connectivity index (χ1v) is 8.42. The predicted octanol–water partition coefficient (Wildman–Crippen LogP) is 2.13. The second-order valence-electron chi connectivity index (χ2n) is 4.60. The maximum atomic E-state index is 12.3. The summed E-state index contributed by atoms with van der Waals surface area (Å²) in [6.07, 6.45) is 0. The van der Waals surface area contributed by atoms with Crippen LogP contribution in [0.25, 0.3) is 0 Å². The molecular formula is C14H9BrN2O4S. The Morgan fingerprint density at radius 2 is 1.55 bits per heavy atom. The summed E-state index contributed by atoms with van der Waals surface area (Å²) in [5, 5.41) is 2.15. The zero-order chi connectivity index (χ0) is 15.9. The molecular weight excluding hydrogens is 372 g/mol. The van der Waals surface area contributed by atoms with Crippen molar-refractivity contribution >= 4 is 43.5 Å². The molecule has 22 heavy (non-hydrogen) atoms. The van der Waals surface area contributed by atoms with Gasteiger partial charge in [-0.3, -0.25) is 19.6 Å². The minimum atomic E-state index is -3.77. The van der Waals surface area contributed by atoms with E-state index in [1.54, 1.807) is 12.1 Å². The maximum absolute atomic E-state index is 12.3. The second kappa shape index (κ2) is 5.22. The average molecular weight is 381 g/mol. The molecule has 0 saturated carbocycles. The van der Waals surface area contributed by atoms with E-state index in [2.05, 4.69) is 26.0 Å². The Morgan fingerprint density at radius 3 is 2.23 bits per heavy atom. The minimum Gasteiger partial charge on any atom is -0.288 e. The molecule has 0 spiro atoms. The summed E-state index contributed by atoms with van der Waals surface area (Å²) in [7, 11) is -3.77. The zero-order valence-corrected chi connectivity index (χ0v) is 13.4. The van der Waals surface area contributed by atoms with E-state index >= 15 is 0 Å². The van der Waals surface area contributed by atoms with Crippen LogP contribution in [0.3, 0.4) is 0 Å². The lowest BCUT2D eigenvalue weighted by Crippen LogP contribution is -2.19. The van der Waals surface area contributed by atoms with Gasteiger partial charge in [0.2, 0.25) is 0 Å². The number of fused-ring (bicyclic) bond motifs is 1. The molecule has 2 aromatic carbocycles. The molecule has 0 aliphatic carbocycles. The molecule has 3 rings (SSSR count). The molecule has 2 N–H and O–H groups in total. The van der Waals surface area contributed by atoms with Crippen molar-refractivity contribution in [2.75, 3.05) is 4.72 Å². The van der Waals surface area contributed by atoms with Gasteiger partial charge in [0.1, 0.15) is 0 Å². The third kappa shape index (κ3) is 2.62. The first kappa shape index (κ1) is 14.7.